The van der Waals surface area contributed by atoms with Crippen LogP contribution in [0.2, 0.25) is 0 Å². The molecule has 1 heterocycles. The maximum absolute atomic E-state index is 12.1. The van der Waals surface area contributed by atoms with Gasteiger partial charge in [0.2, 0.25) is 0 Å². The van der Waals surface area contributed by atoms with E-state index in [-0.39, 0.29) is 5.56 Å². The lowest BCUT2D eigenvalue weighted by Gasteiger charge is -2.19. The fourth-order valence-electron chi connectivity index (χ4n) is 2.08. The average Bonchev–Trinajstić information content (AvgIpc) is 2.73. The molecule has 0 aliphatic heterocycles. The van der Waals surface area contributed by atoms with Gasteiger partial charge in [-0.1, -0.05) is 44.0 Å². The number of rotatable bonds is 6. The highest BCUT2D eigenvalue weighted by Gasteiger charge is 2.38. The van der Waals surface area contributed by atoms with Crippen molar-refractivity contribution < 1.29 is 22.8 Å². The van der Waals surface area contributed by atoms with Crippen molar-refractivity contribution in [3.8, 4) is 0 Å². The van der Waals surface area contributed by atoms with Gasteiger partial charge in [0.05, 0.1) is 12.2 Å². The van der Waals surface area contributed by atoms with Gasteiger partial charge in [-0.05, 0) is 36.1 Å². The van der Waals surface area contributed by atoms with Gasteiger partial charge in [-0.2, -0.15) is 13.2 Å². The van der Waals surface area contributed by atoms with Crippen LogP contribution in [0.25, 0.3) is 0 Å². The summed E-state index contributed by atoms with van der Waals surface area (Å²) < 4.78 is 38.3. The maximum atomic E-state index is 12.1. The quantitative estimate of drug-likeness (QED) is 0.542. The topological polar surface area (TPSA) is 74.3 Å². The largest absolute Gasteiger partial charge is 0.472 e. The van der Waals surface area contributed by atoms with E-state index in [1.54, 1.807) is 35.7 Å². The second-order valence-electron chi connectivity index (χ2n) is 5.40. The van der Waals surface area contributed by atoms with Crippen LogP contribution in [0.1, 0.15) is 35.5 Å². The SMILES string of the molecule is CC.CSN(Cc1ccc(C(=O)NNC(=O)C(F)(F)F)cc1)Cc1ccccn1. The van der Waals surface area contributed by atoms with Crippen molar-refractivity contribution in [2.24, 2.45) is 0 Å². The summed E-state index contributed by atoms with van der Waals surface area (Å²) in [5.41, 5.74) is 5.01. The van der Waals surface area contributed by atoms with E-state index in [1.807, 2.05) is 38.3 Å². The van der Waals surface area contributed by atoms with Crippen LogP contribution < -0.4 is 10.9 Å². The predicted molar refractivity (Wildman–Crippen MR) is 106 cm³/mol. The van der Waals surface area contributed by atoms with Gasteiger partial charge in [-0.15, -0.1) is 0 Å². The van der Waals surface area contributed by atoms with Gasteiger partial charge < -0.3 is 0 Å². The Morgan fingerprint density at radius 1 is 1.03 bits per heavy atom. The zero-order valence-electron chi connectivity index (χ0n) is 16.3. The Kier molecular flexibility index (Phi) is 10.2. The van der Waals surface area contributed by atoms with Crippen molar-refractivity contribution in [1.82, 2.24) is 20.1 Å². The highest BCUT2D eigenvalue weighted by molar-refractivity contribution is 7.96. The number of benzene rings is 1. The Labute approximate surface area is 172 Å². The first-order valence-electron chi connectivity index (χ1n) is 8.75. The van der Waals surface area contributed by atoms with E-state index in [2.05, 4.69) is 9.29 Å². The smallest absolute Gasteiger partial charge is 0.267 e. The van der Waals surface area contributed by atoms with E-state index >= 15 is 0 Å². The Balaban J connectivity index is 0.00000204. The van der Waals surface area contributed by atoms with Crippen molar-refractivity contribution in [2.45, 2.75) is 33.1 Å². The standard InChI is InChI=1S/C17H17F3N4O2S.C2H6/c1-27-24(11-14-4-2-3-9-21-14)10-12-5-7-13(8-6-12)15(25)22-23-16(26)17(18,19)20;1-2/h2-9H,10-11H2,1H3,(H,22,25)(H,23,26);1-2H3. The molecule has 2 aromatic rings. The van der Waals surface area contributed by atoms with Crippen molar-refractivity contribution in [3.63, 3.8) is 0 Å². The van der Waals surface area contributed by atoms with Crippen LogP contribution in [0.4, 0.5) is 13.2 Å². The minimum absolute atomic E-state index is 0.127. The third-order valence-electron chi connectivity index (χ3n) is 3.44. The van der Waals surface area contributed by atoms with E-state index in [9.17, 15) is 22.8 Å². The number of carbonyl (C=O) groups is 2. The van der Waals surface area contributed by atoms with E-state index in [0.29, 0.717) is 13.1 Å². The second-order valence-corrected chi connectivity index (χ2v) is 6.29. The van der Waals surface area contributed by atoms with E-state index in [1.165, 1.54) is 17.6 Å². The molecule has 0 atom stereocenters. The monoisotopic (exact) mass is 428 g/mol. The molecule has 6 nitrogen and oxygen atoms in total. The van der Waals surface area contributed by atoms with Gasteiger partial charge in [-0.3, -0.25) is 25.4 Å². The molecule has 1 aromatic heterocycles. The summed E-state index contributed by atoms with van der Waals surface area (Å²) in [5.74, 6) is -3.08. The Hall–Kier alpha value is -2.59. The lowest BCUT2D eigenvalue weighted by Crippen LogP contribution is -2.47. The number of nitrogens with zero attached hydrogens (tertiary/aromatic N) is 2. The first-order valence-corrected chi connectivity index (χ1v) is 9.93. The number of hydrogen-bond donors (Lipinski definition) is 2. The van der Waals surface area contributed by atoms with Crippen molar-refractivity contribution in [3.05, 3.63) is 65.5 Å². The fraction of sp³-hybridized carbons (Fsp3) is 0.316. The van der Waals surface area contributed by atoms with Crippen molar-refractivity contribution in [2.75, 3.05) is 6.26 Å². The highest BCUT2D eigenvalue weighted by Crippen LogP contribution is 2.16. The summed E-state index contributed by atoms with van der Waals surface area (Å²) >= 11 is 1.54. The lowest BCUT2D eigenvalue weighted by molar-refractivity contribution is -0.174. The van der Waals surface area contributed by atoms with Crippen LogP contribution in [0, 0.1) is 0 Å². The summed E-state index contributed by atoms with van der Waals surface area (Å²) in [4.78, 5) is 26.8. The summed E-state index contributed by atoms with van der Waals surface area (Å²) in [6, 6.07) is 12.0. The zero-order chi connectivity index (χ0) is 21.9. The van der Waals surface area contributed by atoms with Gasteiger partial charge in [0.15, 0.2) is 0 Å². The zero-order valence-corrected chi connectivity index (χ0v) is 17.1. The predicted octanol–water partition coefficient (Wildman–Crippen LogP) is 3.71. The molecule has 2 N–H and O–H groups in total. The summed E-state index contributed by atoms with van der Waals surface area (Å²) in [6.07, 6.45) is -1.40. The Bertz CT molecular complexity index is 771. The molecule has 1 aromatic carbocycles. The molecule has 0 aliphatic carbocycles. The van der Waals surface area contributed by atoms with Gasteiger partial charge in [-0.25, -0.2) is 4.31 Å². The third-order valence-corrected chi connectivity index (χ3v) is 4.22. The average molecular weight is 428 g/mol. The molecule has 0 spiro atoms. The van der Waals surface area contributed by atoms with E-state index < -0.39 is 18.0 Å². The van der Waals surface area contributed by atoms with Crippen LogP contribution in [0.5, 0.6) is 0 Å². The number of nitrogens with one attached hydrogen (secondary N) is 2. The number of alkyl halides is 3. The fourth-order valence-corrected chi connectivity index (χ4v) is 2.62. The molecule has 0 unspecified atom stereocenters. The molecule has 10 heteroatoms. The van der Waals surface area contributed by atoms with Gasteiger partial charge in [0.1, 0.15) is 0 Å². The molecule has 2 amide bonds. The van der Waals surface area contributed by atoms with Crippen LogP contribution in [0.3, 0.4) is 0 Å². The molecular weight excluding hydrogens is 405 g/mol. The van der Waals surface area contributed by atoms with Gasteiger partial charge in [0.25, 0.3) is 5.91 Å². The Morgan fingerprint density at radius 3 is 2.21 bits per heavy atom. The Morgan fingerprint density at radius 2 is 1.69 bits per heavy atom. The minimum Gasteiger partial charge on any atom is -0.267 e. The molecule has 0 fully saturated rings. The molecule has 29 heavy (non-hydrogen) atoms. The first kappa shape index (κ1) is 24.4. The molecule has 158 valence electrons. The minimum atomic E-state index is -5.06. The summed E-state index contributed by atoms with van der Waals surface area (Å²) in [7, 11) is 0. The number of amides is 2. The summed E-state index contributed by atoms with van der Waals surface area (Å²) in [5, 5.41) is 0. The van der Waals surface area contributed by atoms with E-state index in [4.69, 9.17) is 0 Å². The number of hydrogen-bond acceptors (Lipinski definition) is 5. The van der Waals surface area contributed by atoms with Crippen LogP contribution >= 0.6 is 11.9 Å². The first-order chi connectivity index (χ1) is 13.8. The second kappa shape index (κ2) is 12.1. The number of halogens is 3. The molecular formula is C19H23F3N4O2S. The third kappa shape index (κ3) is 8.53. The lowest BCUT2D eigenvalue weighted by atomic mass is 10.1. The normalized spacial score (nSPS) is 10.7. The molecule has 0 bridgehead atoms. The highest BCUT2D eigenvalue weighted by atomic mass is 32.2. The number of hydrazine groups is 1. The van der Waals surface area contributed by atoms with Crippen LogP contribution in [-0.4, -0.2) is 33.5 Å². The summed E-state index contributed by atoms with van der Waals surface area (Å²) in [6.45, 7) is 5.22. The number of carbonyl (C=O) groups excluding carboxylic acids is 2. The van der Waals surface area contributed by atoms with Crippen LogP contribution in [0.15, 0.2) is 48.7 Å². The van der Waals surface area contributed by atoms with Gasteiger partial charge >= 0.3 is 12.1 Å². The molecule has 0 saturated heterocycles. The van der Waals surface area contributed by atoms with Crippen molar-refractivity contribution >= 4 is 23.8 Å². The number of aromatic nitrogens is 1. The van der Waals surface area contributed by atoms with Gasteiger partial charge in [0, 0.05) is 18.3 Å². The molecule has 0 radical (unpaired) electrons. The van der Waals surface area contributed by atoms with Crippen LogP contribution in [-0.2, 0) is 17.9 Å². The van der Waals surface area contributed by atoms with Crippen molar-refractivity contribution in [1.29, 1.82) is 0 Å². The number of pyridine rings is 1. The molecule has 2 rings (SSSR count). The maximum Gasteiger partial charge on any atom is 0.472 e. The molecule has 0 saturated carbocycles. The molecule has 0 aliphatic rings. The van der Waals surface area contributed by atoms with E-state index in [0.717, 1.165) is 11.3 Å².